The molecular formula is C24H28N6O. The van der Waals surface area contributed by atoms with E-state index in [-0.39, 0.29) is 18.4 Å². The molecule has 0 N–H and O–H groups in total. The summed E-state index contributed by atoms with van der Waals surface area (Å²) in [7, 11) is 0. The van der Waals surface area contributed by atoms with Gasteiger partial charge in [-0.15, -0.1) is 0 Å². The molecule has 0 bridgehead atoms. The minimum atomic E-state index is 0.0616. The van der Waals surface area contributed by atoms with Crippen molar-refractivity contribution in [1.29, 1.82) is 0 Å². The predicted molar refractivity (Wildman–Crippen MR) is 123 cm³/mol. The summed E-state index contributed by atoms with van der Waals surface area (Å²) in [5, 5.41) is 6.68. The summed E-state index contributed by atoms with van der Waals surface area (Å²) in [6.45, 7) is 11.1. The number of allylic oxidation sites excluding steroid dienone is 2. The third-order valence-electron chi connectivity index (χ3n) is 5.60. The van der Waals surface area contributed by atoms with Crippen molar-refractivity contribution in [2.45, 2.75) is 13.8 Å². The van der Waals surface area contributed by atoms with E-state index in [0.29, 0.717) is 32.1 Å². The minimum absolute atomic E-state index is 0.0616. The van der Waals surface area contributed by atoms with Crippen LogP contribution in [0.1, 0.15) is 19.4 Å². The molecule has 2 aliphatic rings. The summed E-state index contributed by atoms with van der Waals surface area (Å²) in [5.74, 6) is 0.922. The van der Waals surface area contributed by atoms with Crippen LogP contribution in [0.25, 0.3) is 0 Å². The van der Waals surface area contributed by atoms with Crippen LogP contribution in [0.3, 0.4) is 0 Å². The van der Waals surface area contributed by atoms with E-state index in [0.717, 1.165) is 22.5 Å². The molecular weight excluding hydrogens is 388 g/mol. The number of benzene rings is 1. The first kappa shape index (κ1) is 20.8. The Hall–Kier alpha value is -3.48. The lowest BCUT2D eigenvalue weighted by molar-refractivity contribution is -0.132. The number of carbonyl (C=O) groups excluding carboxylic acids is 1. The normalized spacial score (nSPS) is 19.0. The van der Waals surface area contributed by atoms with Gasteiger partial charge in [0.1, 0.15) is 6.54 Å². The van der Waals surface area contributed by atoms with Crippen LogP contribution in [0.2, 0.25) is 0 Å². The highest BCUT2D eigenvalue weighted by atomic mass is 16.2. The maximum absolute atomic E-state index is 13.1. The van der Waals surface area contributed by atoms with Gasteiger partial charge in [-0.1, -0.05) is 43.8 Å². The van der Waals surface area contributed by atoms with Crippen LogP contribution in [-0.4, -0.2) is 64.2 Å². The molecule has 7 nitrogen and oxygen atoms in total. The first-order chi connectivity index (χ1) is 15.0. The number of hydrogen-bond donors (Lipinski definition) is 0. The van der Waals surface area contributed by atoms with E-state index in [2.05, 4.69) is 46.6 Å². The van der Waals surface area contributed by atoms with Gasteiger partial charge in [-0.2, -0.15) is 5.10 Å². The van der Waals surface area contributed by atoms with Crippen LogP contribution >= 0.6 is 0 Å². The molecule has 7 heteroatoms. The number of aromatic nitrogens is 2. The molecule has 1 atom stereocenters. The number of carbonyl (C=O) groups is 1. The molecule has 2 aromatic rings. The molecule has 160 valence electrons. The number of rotatable bonds is 5. The van der Waals surface area contributed by atoms with Crippen LogP contribution < -0.4 is 4.90 Å². The zero-order valence-electron chi connectivity index (χ0n) is 18.1. The molecule has 1 unspecified atom stereocenters. The molecule has 3 heterocycles. The van der Waals surface area contributed by atoms with E-state index < -0.39 is 0 Å². The molecule has 1 amide bonds. The third-order valence-corrected chi connectivity index (χ3v) is 5.60. The average Bonchev–Trinajstić information content (AvgIpc) is 2.81. The average molecular weight is 417 g/mol. The minimum Gasteiger partial charge on any atom is -0.338 e. The fourth-order valence-electron chi connectivity index (χ4n) is 3.93. The van der Waals surface area contributed by atoms with Crippen molar-refractivity contribution in [2.24, 2.45) is 11.0 Å². The van der Waals surface area contributed by atoms with E-state index in [1.807, 2.05) is 30.0 Å². The van der Waals surface area contributed by atoms with Gasteiger partial charge in [0.25, 0.3) is 0 Å². The maximum atomic E-state index is 13.1. The largest absolute Gasteiger partial charge is 0.338 e. The Labute approximate surface area is 183 Å². The number of anilines is 1. The Bertz CT molecular complexity index is 993. The second kappa shape index (κ2) is 9.12. The predicted octanol–water partition coefficient (Wildman–Crippen LogP) is 2.94. The van der Waals surface area contributed by atoms with E-state index in [1.54, 1.807) is 23.5 Å². The molecule has 0 radical (unpaired) electrons. The van der Waals surface area contributed by atoms with Crippen LogP contribution in [0.4, 0.5) is 5.95 Å². The lowest BCUT2D eigenvalue weighted by Crippen LogP contribution is -2.51. The summed E-state index contributed by atoms with van der Waals surface area (Å²) < 4.78 is 0. The molecule has 4 rings (SSSR count). The molecule has 0 aliphatic carbocycles. The van der Waals surface area contributed by atoms with E-state index in [9.17, 15) is 4.79 Å². The molecule has 1 fully saturated rings. The first-order valence-electron chi connectivity index (χ1n) is 10.6. The van der Waals surface area contributed by atoms with E-state index in [4.69, 9.17) is 5.10 Å². The zero-order chi connectivity index (χ0) is 21.8. The van der Waals surface area contributed by atoms with Gasteiger partial charge >= 0.3 is 0 Å². The molecule has 0 spiro atoms. The van der Waals surface area contributed by atoms with Crippen LogP contribution in [0.15, 0.2) is 77.8 Å². The SMILES string of the molecule is C=C(C)C1=CC(C)C(c2ccccc2)=NN1CC(=O)N1CCN(c2ncccn2)CC1. The quantitative estimate of drug-likeness (QED) is 0.750. The molecule has 0 saturated carbocycles. The number of hydrogen-bond acceptors (Lipinski definition) is 6. The summed E-state index contributed by atoms with van der Waals surface area (Å²) >= 11 is 0. The highest BCUT2D eigenvalue weighted by Gasteiger charge is 2.28. The standard InChI is InChI=1S/C24H28N6O/c1-18(2)21-16-19(3)23(20-8-5-4-6-9-20)27-30(21)17-22(31)28-12-14-29(15-13-28)24-25-10-7-11-26-24/h4-11,16,19H,1,12-15,17H2,2-3H3. The second-order valence-electron chi connectivity index (χ2n) is 7.95. The smallest absolute Gasteiger partial charge is 0.244 e. The highest BCUT2D eigenvalue weighted by molar-refractivity contribution is 6.03. The van der Waals surface area contributed by atoms with E-state index >= 15 is 0 Å². The van der Waals surface area contributed by atoms with Crippen LogP contribution in [0, 0.1) is 5.92 Å². The number of nitrogens with zero attached hydrogens (tertiary/aromatic N) is 6. The Morgan fingerprint density at radius 3 is 2.39 bits per heavy atom. The molecule has 1 aromatic heterocycles. The number of piperazine rings is 1. The second-order valence-corrected chi connectivity index (χ2v) is 7.95. The summed E-state index contributed by atoms with van der Waals surface area (Å²) in [6.07, 6.45) is 5.63. The Morgan fingerprint density at radius 1 is 1.06 bits per heavy atom. The first-order valence-corrected chi connectivity index (χ1v) is 10.6. The number of hydrazone groups is 1. The maximum Gasteiger partial charge on any atom is 0.244 e. The van der Waals surface area contributed by atoms with Crippen molar-refractivity contribution in [1.82, 2.24) is 19.9 Å². The lowest BCUT2D eigenvalue weighted by Gasteiger charge is -2.36. The summed E-state index contributed by atoms with van der Waals surface area (Å²) in [5.41, 5.74) is 3.85. The van der Waals surface area contributed by atoms with Gasteiger partial charge in [-0.25, -0.2) is 9.97 Å². The van der Waals surface area contributed by atoms with Crippen LogP contribution in [-0.2, 0) is 4.79 Å². The van der Waals surface area contributed by atoms with Gasteiger partial charge in [0.05, 0.1) is 11.4 Å². The Morgan fingerprint density at radius 2 is 1.74 bits per heavy atom. The van der Waals surface area contributed by atoms with E-state index in [1.165, 1.54) is 0 Å². The molecule has 1 saturated heterocycles. The summed E-state index contributed by atoms with van der Waals surface area (Å²) in [4.78, 5) is 25.7. The van der Waals surface area contributed by atoms with Crippen molar-refractivity contribution < 1.29 is 4.79 Å². The van der Waals surface area contributed by atoms with Gasteiger partial charge in [0, 0.05) is 44.5 Å². The van der Waals surface area contributed by atoms with Gasteiger partial charge in [0.15, 0.2) is 0 Å². The van der Waals surface area contributed by atoms with Gasteiger partial charge in [-0.05, 0) is 30.2 Å². The van der Waals surface area contributed by atoms with Gasteiger partial charge in [-0.3, -0.25) is 9.80 Å². The number of amides is 1. The van der Waals surface area contributed by atoms with Crippen molar-refractivity contribution >= 4 is 17.6 Å². The Balaban J connectivity index is 1.46. The monoisotopic (exact) mass is 416 g/mol. The van der Waals surface area contributed by atoms with Crippen molar-refractivity contribution in [3.63, 3.8) is 0 Å². The third kappa shape index (κ3) is 4.66. The van der Waals surface area contributed by atoms with Crippen molar-refractivity contribution in [3.8, 4) is 0 Å². The van der Waals surface area contributed by atoms with Crippen molar-refractivity contribution in [2.75, 3.05) is 37.6 Å². The highest BCUT2D eigenvalue weighted by Crippen LogP contribution is 2.26. The fourth-order valence-corrected chi connectivity index (χ4v) is 3.93. The van der Waals surface area contributed by atoms with Gasteiger partial charge < -0.3 is 9.80 Å². The lowest BCUT2D eigenvalue weighted by atomic mass is 9.95. The van der Waals surface area contributed by atoms with Crippen LogP contribution in [0.5, 0.6) is 0 Å². The molecule has 2 aliphatic heterocycles. The van der Waals surface area contributed by atoms with Crippen molar-refractivity contribution in [3.05, 3.63) is 78.3 Å². The summed E-state index contributed by atoms with van der Waals surface area (Å²) in [6, 6.07) is 11.9. The topological polar surface area (TPSA) is 64.9 Å². The zero-order valence-corrected chi connectivity index (χ0v) is 18.1. The van der Waals surface area contributed by atoms with Gasteiger partial charge in [0.2, 0.25) is 11.9 Å². The Kier molecular flexibility index (Phi) is 6.11. The molecule has 1 aromatic carbocycles. The fraction of sp³-hybridized carbons (Fsp3) is 0.333. The molecule has 31 heavy (non-hydrogen) atoms.